The number of hydrogen-bond acceptors (Lipinski definition) is 3. The molecule has 1 aromatic rings. The Balaban J connectivity index is 2.19. The van der Waals surface area contributed by atoms with E-state index in [4.69, 9.17) is 10.4 Å². The van der Waals surface area contributed by atoms with E-state index < -0.39 is 5.97 Å². The first-order chi connectivity index (χ1) is 9.02. The molecule has 0 bridgehead atoms. The fourth-order valence-electron chi connectivity index (χ4n) is 2.35. The van der Waals surface area contributed by atoms with Gasteiger partial charge in [-0.15, -0.1) is 0 Å². The molecule has 1 heterocycles. The zero-order chi connectivity index (χ0) is 14.0. The summed E-state index contributed by atoms with van der Waals surface area (Å²) in [5, 5.41) is 18.1. The van der Waals surface area contributed by atoms with Crippen LogP contribution in [0.25, 0.3) is 0 Å². The van der Waals surface area contributed by atoms with Gasteiger partial charge in [0.15, 0.2) is 0 Å². The molecule has 1 aliphatic heterocycles. The average Bonchev–Trinajstić information content (AvgIpc) is 2.41. The predicted octanol–water partition coefficient (Wildman–Crippen LogP) is 2.93. The second-order valence-corrected chi connectivity index (χ2v) is 5.67. The maximum absolute atomic E-state index is 10.9. The highest BCUT2D eigenvalue weighted by molar-refractivity contribution is 9.10. The summed E-state index contributed by atoms with van der Waals surface area (Å²) < 4.78 is 0.918. The number of nitriles is 1. The summed E-state index contributed by atoms with van der Waals surface area (Å²) in [6.45, 7) is 3.34. The van der Waals surface area contributed by atoms with Gasteiger partial charge in [0.2, 0.25) is 0 Å². The van der Waals surface area contributed by atoms with Crippen molar-refractivity contribution in [3.8, 4) is 6.07 Å². The predicted molar refractivity (Wildman–Crippen MR) is 76.2 cm³/mol. The van der Waals surface area contributed by atoms with Crippen LogP contribution >= 0.6 is 15.9 Å². The highest BCUT2D eigenvalue weighted by Crippen LogP contribution is 2.29. The molecular weight excluding hydrogens is 308 g/mol. The molecule has 1 aromatic carbocycles. The smallest absolute Gasteiger partial charge is 0.306 e. The number of halogens is 1. The van der Waals surface area contributed by atoms with Gasteiger partial charge in [-0.2, -0.15) is 5.26 Å². The molecule has 1 fully saturated rings. The third kappa shape index (κ3) is 2.90. The highest BCUT2D eigenvalue weighted by Gasteiger charge is 2.25. The first-order valence-electron chi connectivity index (χ1n) is 6.21. The van der Waals surface area contributed by atoms with E-state index in [0.717, 1.165) is 28.8 Å². The van der Waals surface area contributed by atoms with E-state index in [-0.39, 0.29) is 5.92 Å². The van der Waals surface area contributed by atoms with Crippen LogP contribution in [0.2, 0.25) is 0 Å². The molecule has 5 heteroatoms. The molecule has 1 aliphatic rings. The summed E-state index contributed by atoms with van der Waals surface area (Å²) in [5.41, 5.74) is 2.58. The molecule has 0 radical (unpaired) electrons. The van der Waals surface area contributed by atoms with Crippen LogP contribution < -0.4 is 4.90 Å². The van der Waals surface area contributed by atoms with E-state index in [0.29, 0.717) is 18.4 Å². The normalized spacial score (nSPS) is 16.2. The monoisotopic (exact) mass is 322 g/mol. The second-order valence-electron chi connectivity index (χ2n) is 4.81. The fourth-order valence-corrected chi connectivity index (χ4v) is 2.80. The maximum atomic E-state index is 10.9. The van der Waals surface area contributed by atoms with E-state index in [9.17, 15) is 4.79 Å². The second kappa shape index (κ2) is 5.62. The van der Waals surface area contributed by atoms with Crippen molar-refractivity contribution in [3.63, 3.8) is 0 Å². The molecule has 0 aliphatic carbocycles. The van der Waals surface area contributed by atoms with Crippen LogP contribution in [0.15, 0.2) is 16.6 Å². The maximum Gasteiger partial charge on any atom is 0.306 e. The Morgan fingerprint density at radius 1 is 1.47 bits per heavy atom. The van der Waals surface area contributed by atoms with Crippen molar-refractivity contribution in [1.29, 1.82) is 5.26 Å². The number of aliphatic carboxylic acids is 1. The lowest BCUT2D eigenvalue weighted by Gasteiger charge is -2.32. The van der Waals surface area contributed by atoms with Crippen molar-refractivity contribution in [3.05, 3.63) is 27.7 Å². The number of carboxylic acid groups (broad SMARTS) is 1. The SMILES string of the molecule is Cc1c(Br)cc(N2CCC(C(=O)O)CC2)cc1C#N. The Bertz CT molecular complexity index is 543. The lowest BCUT2D eigenvalue weighted by atomic mass is 9.96. The van der Waals surface area contributed by atoms with Crippen LogP contribution in [0.5, 0.6) is 0 Å². The Kier molecular flexibility index (Phi) is 4.11. The van der Waals surface area contributed by atoms with Crippen LogP contribution in [0.3, 0.4) is 0 Å². The molecule has 0 aromatic heterocycles. The van der Waals surface area contributed by atoms with Gasteiger partial charge in [-0.3, -0.25) is 4.79 Å². The van der Waals surface area contributed by atoms with Crippen molar-refractivity contribution in [1.82, 2.24) is 0 Å². The molecule has 2 rings (SSSR count). The minimum absolute atomic E-state index is 0.236. The number of rotatable bonds is 2. The number of nitrogens with zero attached hydrogens (tertiary/aromatic N) is 2. The van der Waals surface area contributed by atoms with E-state index >= 15 is 0 Å². The van der Waals surface area contributed by atoms with E-state index in [1.54, 1.807) is 0 Å². The Hall–Kier alpha value is -1.54. The van der Waals surface area contributed by atoms with Crippen LogP contribution in [-0.4, -0.2) is 24.2 Å². The lowest BCUT2D eigenvalue weighted by molar-refractivity contribution is -0.142. The van der Waals surface area contributed by atoms with E-state index in [1.807, 2.05) is 19.1 Å². The third-order valence-electron chi connectivity index (χ3n) is 3.66. The summed E-state index contributed by atoms with van der Waals surface area (Å²) in [4.78, 5) is 13.1. The van der Waals surface area contributed by atoms with Crippen LogP contribution in [-0.2, 0) is 4.79 Å². The van der Waals surface area contributed by atoms with E-state index in [2.05, 4.69) is 26.9 Å². The molecule has 100 valence electrons. The number of piperidine rings is 1. The number of carboxylic acids is 1. The molecule has 0 amide bonds. The van der Waals surface area contributed by atoms with Crippen molar-refractivity contribution >= 4 is 27.6 Å². The molecule has 1 N–H and O–H groups in total. The molecule has 4 nitrogen and oxygen atoms in total. The number of benzene rings is 1. The van der Waals surface area contributed by atoms with Crippen LogP contribution in [0.4, 0.5) is 5.69 Å². The minimum Gasteiger partial charge on any atom is -0.481 e. The van der Waals surface area contributed by atoms with Gasteiger partial charge in [0.05, 0.1) is 17.6 Å². The number of carbonyl (C=O) groups is 1. The van der Waals surface area contributed by atoms with Gasteiger partial charge >= 0.3 is 5.97 Å². The topological polar surface area (TPSA) is 64.3 Å². The van der Waals surface area contributed by atoms with Crippen LogP contribution in [0, 0.1) is 24.2 Å². The van der Waals surface area contributed by atoms with Crippen molar-refractivity contribution in [2.45, 2.75) is 19.8 Å². The fraction of sp³-hybridized carbons (Fsp3) is 0.429. The minimum atomic E-state index is -0.706. The Morgan fingerprint density at radius 3 is 2.63 bits per heavy atom. The summed E-state index contributed by atoms with van der Waals surface area (Å²) in [7, 11) is 0. The number of hydrogen-bond donors (Lipinski definition) is 1. The summed E-state index contributed by atoms with van der Waals surface area (Å²) in [6.07, 6.45) is 1.31. The highest BCUT2D eigenvalue weighted by atomic mass is 79.9. The third-order valence-corrected chi connectivity index (χ3v) is 4.48. The van der Waals surface area contributed by atoms with Crippen molar-refractivity contribution in [2.24, 2.45) is 5.92 Å². The van der Waals surface area contributed by atoms with Gasteiger partial charge in [0.1, 0.15) is 0 Å². The molecule has 0 unspecified atom stereocenters. The summed E-state index contributed by atoms with van der Waals surface area (Å²) in [6, 6.07) is 6.07. The average molecular weight is 323 g/mol. The zero-order valence-electron chi connectivity index (χ0n) is 10.7. The molecule has 19 heavy (non-hydrogen) atoms. The molecule has 0 atom stereocenters. The lowest BCUT2D eigenvalue weighted by Crippen LogP contribution is -2.36. The van der Waals surface area contributed by atoms with Gasteiger partial charge in [-0.1, -0.05) is 15.9 Å². The van der Waals surface area contributed by atoms with Crippen molar-refractivity contribution in [2.75, 3.05) is 18.0 Å². The summed E-state index contributed by atoms with van der Waals surface area (Å²) in [5.74, 6) is -0.942. The molecule has 0 saturated carbocycles. The molecule has 1 saturated heterocycles. The first kappa shape index (κ1) is 13.9. The largest absolute Gasteiger partial charge is 0.481 e. The summed E-state index contributed by atoms with van der Waals surface area (Å²) >= 11 is 3.47. The van der Waals surface area contributed by atoms with Gasteiger partial charge in [0, 0.05) is 23.2 Å². The molecular formula is C14H15BrN2O2. The van der Waals surface area contributed by atoms with E-state index in [1.165, 1.54) is 0 Å². The van der Waals surface area contributed by atoms with Crippen LogP contribution in [0.1, 0.15) is 24.0 Å². The van der Waals surface area contributed by atoms with Gasteiger partial charge in [-0.25, -0.2) is 0 Å². The Labute approximate surface area is 120 Å². The standard InChI is InChI=1S/C14H15BrN2O2/c1-9-11(8-16)6-12(7-13(9)15)17-4-2-10(3-5-17)14(18)19/h6-7,10H,2-5H2,1H3,(H,18,19). The number of anilines is 1. The van der Waals surface area contributed by atoms with Gasteiger partial charge in [0.25, 0.3) is 0 Å². The van der Waals surface area contributed by atoms with Gasteiger partial charge < -0.3 is 10.0 Å². The quantitative estimate of drug-likeness (QED) is 0.909. The Morgan fingerprint density at radius 2 is 2.11 bits per heavy atom. The van der Waals surface area contributed by atoms with Gasteiger partial charge in [-0.05, 0) is 37.5 Å². The first-order valence-corrected chi connectivity index (χ1v) is 7.00. The molecule has 0 spiro atoms. The zero-order valence-corrected chi connectivity index (χ0v) is 12.3. The van der Waals surface area contributed by atoms with Crippen molar-refractivity contribution < 1.29 is 9.90 Å².